The van der Waals surface area contributed by atoms with Gasteiger partial charge in [0.1, 0.15) is 5.75 Å². The number of hydrogen-bond donors (Lipinski definition) is 1. The Kier molecular flexibility index (Phi) is 4.01. The summed E-state index contributed by atoms with van der Waals surface area (Å²) in [4.78, 5) is 0. The maximum atomic E-state index is 9.07. The Morgan fingerprint density at radius 1 is 1.16 bits per heavy atom. The molecule has 2 rings (SSSR count). The quantitative estimate of drug-likeness (QED) is 0.912. The third-order valence-corrected chi connectivity index (χ3v) is 2.60. The van der Waals surface area contributed by atoms with Crippen molar-refractivity contribution in [3.8, 4) is 23.3 Å². The van der Waals surface area contributed by atoms with Crippen LogP contribution < -0.4 is 9.47 Å². The van der Waals surface area contributed by atoms with E-state index < -0.39 is 0 Å². The minimum absolute atomic E-state index is 0.0550. The number of aliphatic hydroxyl groups is 1. The zero-order chi connectivity index (χ0) is 13.7. The molecule has 0 radical (unpaired) electrons. The predicted molar refractivity (Wildman–Crippen MR) is 70.1 cm³/mol. The number of rotatable bonds is 4. The van der Waals surface area contributed by atoms with Crippen molar-refractivity contribution in [1.29, 1.82) is 5.26 Å². The Labute approximate surface area is 111 Å². The minimum Gasteiger partial charge on any atom is -0.493 e. The van der Waals surface area contributed by atoms with Gasteiger partial charge in [0.2, 0.25) is 0 Å². The van der Waals surface area contributed by atoms with Gasteiger partial charge in [0, 0.05) is 0 Å². The van der Waals surface area contributed by atoms with Gasteiger partial charge in [0.25, 0.3) is 0 Å². The second-order valence-electron chi connectivity index (χ2n) is 3.89. The number of hydrogen-bond acceptors (Lipinski definition) is 4. The summed E-state index contributed by atoms with van der Waals surface area (Å²) in [6, 6.07) is 14.1. The van der Waals surface area contributed by atoms with E-state index in [2.05, 4.69) is 6.07 Å². The molecule has 0 unspecified atom stereocenters. The van der Waals surface area contributed by atoms with Crippen LogP contribution in [0.5, 0.6) is 17.2 Å². The molecule has 0 aliphatic heterocycles. The number of benzene rings is 2. The van der Waals surface area contributed by atoms with Gasteiger partial charge >= 0.3 is 0 Å². The zero-order valence-electron chi connectivity index (χ0n) is 10.5. The summed E-state index contributed by atoms with van der Waals surface area (Å²) in [7, 11) is 1.54. The molecule has 0 atom stereocenters. The van der Waals surface area contributed by atoms with Gasteiger partial charge in [-0.05, 0) is 35.9 Å². The van der Waals surface area contributed by atoms with Gasteiger partial charge in [-0.25, -0.2) is 0 Å². The molecule has 0 saturated carbocycles. The second kappa shape index (κ2) is 5.89. The molecule has 0 amide bonds. The van der Waals surface area contributed by atoms with Crippen LogP contribution in [0, 0.1) is 11.3 Å². The van der Waals surface area contributed by atoms with E-state index in [0.29, 0.717) is 22.8 Å². The summed E-state index contributed by atoms with van der Waals surface area (Å²) in [6.07, 6.45) is 0. The Hall–Kier alpha value is -2.51. The molecule has 0 saturated heterocycles. The Morgan fingerprint density at radius 2 is 2.00 bits per heavy atom. The summed E-state index contributed by atoms with van der Waals surface area (Å²) in [5.74, 6) is 1.64. The molecule has 19 heavy (non-hydrogen) atoms. The van der Waals surface area contributed by atoms with Gasteiger partial charge in [-0.15, -0.1) is 0 Å². The fourth-order valence-corrected chi connectivity index (χ4v) is 1.65. The molecule has 0 aromatic heterocycles. The third-order valence-electron chi connectivity index (χ3n) is 2.60. The summed E-state index contributed by atoms with van der Waals surface area (Å²) in [5, 5.41) is 17.9. The molecule has 96 valence electrons. The fourth-order valence-electron chi connectivity index (χ4n) is 1.65. The smallest absolute Gasteiger partial charge is 0.169 e. The van der Waals surface area contributed by atoms with Crippen LogP contribution in [0.1, 0.15) is 11.1 Å². The molecular weight excluding hydrogens is 242 g/mol. The van der Waals surface area contributed by atoms with E-state index in [1.54, 1.807) is 42.5 Å². The van der Waals surface area contributed by atoms with Crippen LogP contribution in [0.3, 0.4) is 0 Å². The summed E-state index contributed by atoms with van der Waals surface area (Å²) in [6.45, 7) is -0.0550. The summed E-state index contributed by atoms with van der Waals surface area (Å²) in [5.41, 5.74) is 1.28. The molecule has 0 spiro atoms. The maximum absolute atomic E-state index is 9.07. The van der Waals surface area contributed by atoms with E-state index in [1.807, 2.05) is 0 Å². The molecule has 0 aliphatic carbocycles. The minimum atomic E-state index is -0.0550. The average molecular weight is 255 g/mol. The van der Waals surface area contributed by atoms with Gasteiger partial charge < -0.3 is 14.6 Å². The number of aliphatic hydroxyl groups excluding tert-OH is 1. The molecule has 1 N–H and O–H groups in total. The number of nitriles is 1. The lowest BCUT2D eigenvalue weighted by Crippen LogP contribution is -1.93. The monoisotopic (exact) mass is 255 g/mol. The highest BCUT2D eigenvalue weighted by Gasteiger charge is 2.07. The maximum Gasteiger partial charge on any atom is 0.169 e. The first-order valence-corrected chi connectivity index (χ1v) is 5.72. The van der Waals surface area contributed by atoms with Gasteiger partial charge in [0.05, 0.1) is 25.3 Å². The highest BCUT2D eigenvalue weighted by atomic mass is 16.5. The van der Waals surface area contributed by atoms with Crippen molar-refractivity contribution >= 4 is 0 Å². The van der Waals surface area contributed by atoms with Crippen LogP contribution in [-0.2, 0) is 6.61 Å². The highest BCUT2D eigenvalue weighted by Crippen LogP contribution is 2.32. The lowest BCUT2D eigenvalue weighted by atomic mass is 10.2. The number of ether oxygens (including phenoxy) is 2. The largest absolute Gasteiger partial charge is 0.493 e. The Morgan fingerprint density at radius 3 is 2.68 bits per heavy atom. The SMILES string of the molecule is COc1cc(CO)ccc1Oc1cccc(C#N)c1. The van der Waals surface area contributed by atoms with Crippen molar-refractivity contribution in [3.63, 3.8) is 0 Å². The highest BCUT2D eigenvalue weighted by molar-refractivity contribution is 5.46. The lowest BCUT2D eigenvalue weighted by Gasteiger charge is -2.11. The van der Waals surface area contributed by atoms with Crippen molar-refractivity contribution in [2.45, 2.75) is 6.61 Å². The van der Waals surface area contributed by atoms with Gasteiger partial charge in [-0.2, -0.15) is 5.26 Å². The molecule has 4 heteroatoms. The van der Waals surface area contributed by atoms with Gasteiger partial charge in [0.15, 0.2) is 11.5 Å². The van der Waals surface area contributed by atoms with Crippen LogP contribution >= 0.6 is 0 Å². The standard InChI is InChI=1S/C15H13NO3/c1-18-15-8-12(10-17)5-6-14(15)19-13-4-2-3-11(7-13)9-16/h2-8,17H,10H2,1H3. The van der Waals surface area contributed by atoms with E-state index in [-0.39, 0.29) is 6.61 Å². The van der Waals surface area contributed by atoms with E-state index in [4.69, 9.17) is 19.8 Å². The summed E-state index contributed by atoms with van der Waals surface area (Å²) < 4.78 is 10.9. The van der Waals surface area contributed by atoms with Crippen LogP contribution in [0.25, 0.3) is 0 Å². The first-order valence-electron chi connectivity index (χ1n) is 5.72. The molecule has 0 bridgehead atoms. The van der Waals surface area contributed by atoms with E-state index in [9.17, 15) is 0 Å². The van der Waals surface area contributed by atoms with Gasteiger partial charge in [-0.3, -0.25) is 0 Å². The van der Waals surface area contributed by atoms with Crippen molar-refractivity contribution in [1.82, 2.24) is 0 Å². The summed E-state index contributed by atoms with van der Waals surface area (Å²) >= 11 is 0. The van der Waals surface area contributed by atoms with E-state index in [0.717, 1.165) is 5.56 Å². The first-order chi connectivity index (χ1) is 9.26. The molecule has 2 aromatic carbocycles. The van der Waals surface area contributed by atoms with E-state index >= 15 is 0 Å². The number of methoxy groups -OCH3 is 1. The lowest BCUT2D eigenvalue weighted by molar-refractivity contribution is 0.280. The first kappa shape index (κ1) is 12.9. The zero-order valence-corrected chi connectivity index (χ0v) is 10.5. The fraction of sp³-hybridized carbons (Fsp3) is 0.133. The van der Waals surface area contributed by atoms with Crippen LogP contribution in [0.4, 0.5) is 0 Å². The van der Waals surface area contributed by atoms with Crippen molar-refractivity contribution in [2.75, 3.05) is 7.11 Å². The second-order valence-corrected chi connectivity index (χ2v) is 3.89. The predicted octanol–water partition coefficient (Wildman–Crippen LogP) is 2.85. The molecule has 0 fully saturated rings. The van der Waals surface area contributed by atoms with E-state index in [1.165, 1.54) is 7.11 Å². The average Bonchev–Trinajstić information content (AvgIpc) is 2.48. The van der Waals surface area contributed by atoms with Crippen molar-refractivity contribution in [3.05, 3.63) is 53.6 Å². The molecule has 2 aromatic rings. The van der Waals surface area contributed by atoms with Crippen LogP contribution in [0.15, 0.2) is 42.5 Å². The molecule has 4 nitrogen and oxygen atoms in total. The molecule has 0 heterocycles. The van der Waals surface area contributed by atoms with Crippen molar-refractivity contribution in [2.24, 2.45) is 0 Å². The van der Waals surface area contributed by atoms with Crippen LogP contribution in [0.2, 0.25) is 0 Å². The molecular formula is C15H13NO3. The Balaban J connectivity index is 2.30. The van der Waals surface area contributed by atoms with Gasteiger partial charge in [-0.1, -0.05) is 12.1 Å². The topological polar surface area (TPSA) is 62.5 Å². The van der Waals surface area contributed by atoms with Crippen molar-refractivity contribution < 1.29 is 14.6 Å². The normalized spacial score (nSPS) is 9.74. The Bertz CT molecular complexity index is 617. The van der Waals surface area contributed by atoms with Crippen LogP contribution in [-0.4, -0.2) is 12.2 Å². The molecule has 0 aliphatic rings. The third kappa shape index (κ3) is 3.03. The number of nitrogens with zero attached hydrogens (tertiary/aromatic N) is 1.